The molecule has 1 saturated heterocycles. The van der Waals surface area contributed by atoms with E-state index in [1.165, 1.54) is 32.1 Å². The van der Waals surface area contributed by atoms with E-state index in [1.807, 2.05) is 12.1 Å². The van der Waals surface area contributed by atoms with Crippen LogP contribution in [-0.2, 0) is 16.0 Å². The number of carbonyl (C=O) groups is 1. The first kappa shape index (κ1) is 26.9. The number of halogens is 1. The summed E-state index contributed by atoms with van der Waals surface area (Å²) < 4.78 is 10.4. The molecule has 2 heterocycles. The second kappa shape index (κ2) is 15.5. The van der Waals surface area contributed by atoms with Crippen molar-refractivity contribution in [1.82, 2.24) is 20.4 Å². The van der Waals surface area contributed by atoms with Gasteiger partial charge in [0.1, 0.15) is 5.76 Å². The molecule has 3 rings (SSSR count). The van der Waals surface area contributed by atoms with Crippen molar-refractivity contribution >= 4 is 35.8 Å². The van der Waals surface area contributed by atoms with Crippen molar-refractivity contribution in [3.8, 4) is 0 Å². The Morgan fingerprint density at radius 3 is 2.62 bits per heavy atom. The molecular formula is C23H40IN5O3. The van der Waals surface area contributed by atoms with Gasteiger partial charge in [0, 0.05) is 59.3 Å². The van der Waals surface area contributed by atoms with E-state index in [0.29, 0.717) is 25.6 Å². The van der Waals surface area contributed by atoms with Crippen molar-refractivity contribution in [3.05, 3.63) is 24.2 Å². The van der Waals surface area contributed by atoms with Crippen LogP contribution in [0.1, 0.15) is 37.9 Å². The Hall–Kier alpha value is -1.33. The number of rotatable bonds is 10. The van der Waals surface area contributed by atoms with Gasteiger partial charge in [-0.25, -0.2) is 0 Å². The SMILES string of the molecule is COCCNC(=O)CN1CCN(C(=NCC2CCCCC2)NCCc2ccco2)CC1.I. The van der Waals surface area contributed by atoms with Gasteiger partial charge in [0.15, 0.2) is 5.96 Å². The zero-order valence-electron chi connectivity index (χ0n) is 19.4. The molecule has 0 unspecified atom stereocenters. The fourth-order valence-corrected chi connectivity index (χ4v) is 4.27. The Morgan fingerprint density at radius 1 is 1.16 bits per heavy atom. The maximum atomic E-state index is 12.1. The Labute approximate surface area is 209 Å². The number of methoxy groups -OCH3 is 1. The van der Waals surface area contributed by atoms with Gasteiger partial charge in [-0.15, -0.1) is 24.0 Å². The zero-order valence-corrected chi connectivity index (χ0v) is 21.7. The minimum atomic E-state index is 0. The number of guanidine groups is 1. The maximum absolute atomic E-state index is 12.1. The molecule has 0 atom stereocenters. The minimum absolute atomic E-state index is 0. The number of hydrogen-bond donors (Lipinski definition) is 2. The van der Waals surface area contributed by atoms with Gasteiger partial charge in [0.25, 0.3) is 0 Å². The maximum Gasteiger partial charge on any atom is 0.234 e. The van der Waals surface area contributed by atoms with Crippen LogP contribution in [0, 0.1) is 5.92 Å². The van der Waals surface area contributed by atoms with E-state index in [-0.39, 0.29) is 29.9 Å². The van der Waals surface area contributed by atoms with Gasteiger partial charge >= 0.3 is 0 Å². The molecule has 1 saturated carbocycles. The van der Waals surface area contributed by atoms with Crippen molar-refractivity contribution in [2.45, 2.75) is 38.5 Å². The van der Waals surface area contributed by atoms with Crippen molar-refractivity contribution in [1.29, 1.82) is 0 Å². The van der Waals surface area contributed by atoms with E-state index in [0.717, 1.165) is 57.4 Å². The number of piperazine rings is 1. The van der Waals surface area contributed by atoms with Crippen LogP contribution in [0.25, 0.3) is 0 Å². The Bertz CT molecular complexity index is 657. The van der Waals surface area contributed by atoms with Crippen LogP contribution in [0.5, 0.6) is 0 Å². The number of nitrogens with one attached hydrogen (secondary N) is 2. The van der Waals surface area contributed by atoms with E-state index in [2.05, 4.69) is 20.4 Å². The largest absolute Gasteiger partial charge is 0.469 e. The van der Waals surface area contributed by atoms with Gasteiger partial charge in [-0.1, -0.05) is 19.3 Å². The molecule has 0 bridgehead atoms. The summed E-state index contributed by atoms with van der Waals surface area (Å²) in [6, 6.07) is 3.94. The molecule has 0 aromatic carbocycles. The van der Waals surface area contributed by atoms with Crippen LogP contribution < -0.4 is 10.6 Å². The predicted octanol–water partition coefficient (Wildman–Crippen LogP) is 2.35. The molecule has 1 aromatic heterocycles. The summed E-state index contributed by atoms with van der Waals surface area (Å²) >= 11 is 0. The van der Waals surface area contributed by atoms with Crippen molar-refractivity contribution in [3.63, 3.8) is 0 Å². The van der Waals surface area contributed by atoms with Crippen molar-refractivity contribution in [2.75, 3.05) is 66.1 Å². The number of furan rings is 1. The summed E-state index contributed by atoms with van der Waals surface area (Å²) in [7, 11) is 1.64. The predicted molar refractivity (Wildman–Crippen MR) is 138 cm³/mol. The summed E-state index contributed by atoms with van der Waals surface area (Å²) in [5.74, 6) is 2.77. The molecule has 2 N–H and O–H groups in total. The van der Waals surface area contributed by atoms with Crippen LogP contribution in [0.2, 0.25) is 0 Å². The van der Waals surface area contributed by atoms with Crippen LogP contribution >= 0.6 is 24.0 Å². The highest BCUT2D eigenvalue weighted by Crippen LogP contribution is 2.23. The van der Waals surface area contributed by atoms with Gasteiger partial charge in [-0.05, 0) is 30.9 Å². The van der Waals surface area contributed by atoms with Gasteiger partial charge in [-0.2, -0.15) is 0 Å². The van der Waals surface area contributed by atoms with E-state index >= 15 is 0 Å². The fourth-order valence-electron chi connectivity index (χ4n) is 4.27. The van der Waals surface area contributed by atoms with Crippen LogP contribution in [-0.4, -0.2) is 87.7 Å². The smallest absolute Gasteiger partial charge is 0.234 e. The number of amides is 1. The Balaban J connectivity index is 0.00000363. The molecule has 0 radical (unpaired) electrons. The summed E-state index contributed by atoms with van der Waals surface area (Å²) in [6.07, 6.45) is 9.22. The molecule has 0 spiro atoms. The standard InChI is InChI=1S/C23H39N5O3.HI/c1-30-17-11-24-22(29)19-27-12-14-28(15-13-27)23(25-10-9-21-8-5-16-31-21)26-18-20-6-3-2-4-7-20;/h5,8,16,20H,2-4,6-7,9-15,17-19H2,1H3,(H,24,29)(H,25,26);1H. The molecule has 1 aliphatic heterocycles. The van der Waals surface area contributed by atoms with E-state index < -0.39 is 0 Å². The first-order valence-corrected chi connectivity index (χ1v) is 11.8. The normalized spacial score (nSPS) is 18.3. The monoisotopic (exact) mass is 561 g/mol. The third kappa shape index (κ3) is 9.66. The lowest BCUT2D eigenvalue weighted by Crippen LogP contribution is -2.54. The molecule has 2 fully saturated rings. The Morgan fingerprint density at radius 2 is 1.94 bits per heavy atom. The minimum Gasteiger partial charge on any atom is -0.469 e. The highest BCUT2D eigenvalue weighted by molar-refractivity contribution is 14.0. The quantitative estimate of drug-likeness (QED) is 0.198. The summed E-state index contributed by atoms with van der Waals surface area (Å²) in [6.45, 7) is 6.74. The highest BCUT2D eigenvalue weighted by atomic mass is 127. The molecule has 182 valence electrons. The average molecular weight is 562 g/mol. The molecule has 1 aliphatic carbocycles. The fraction of sp³-hybridized carbons (Fsp3) is 0.739. The summed E-state index contributed by atoms with van der Waals surface area (Å²) in [4.78, 5) is 21.6. The lowest BCUT2D eigenvalue weighted by atomic mass is 9.89. The lowest BCUT2D eigenvalue weighted by Gasteiger charge is -2.36. The number of aliphatic imine (C=N–C) groups is 1. The van der Waals surface area contributed by atoms with Crippen molar-refractivity contribution in [2.24, 2.45) is 10.9 Å². The van der Waals surface area contributed by atoms with Gasteiger partial charge in [0.05, 0.1) is 19.4 Å². The molecule has 32 heavy (non-hydrogen) atoms. The lowest BCUT2D eigenvalue weighted by molar-refractivity contribution is -0.122. The van der Waals surface area contributed by atoms with Gasteiger partial charge in [0.2, 0.25) is 5.91 Å². The zero-order chi connectivity index (χ0) is 21.7. The second-order valence-electron chi connectivity index (χ2n) is 8.53. The van der Waals surface area contributed by atoms with E-state index in [1.54, 1.807) is 13.4 Å². The van der Waals surface area contributed by atoms with Gasteiger partial charge < -0.3 is 24.7 Å². The molecule has 9 heteroatoms. The molecule has 8 nitrogen and oxygen atoms in total. The average Bonchev–Trinajstić information content (AvgIpc) is 3.31. The summed E-state index contributed by atoms with van der Waals surface area (Å²) in [5.41, 5.74) is 0. The highest BCUT2D eigenvalue weighted by Gasteiger charge is 2.22. The molecular weight excluding hydrogens is 521 g/mol. The second-order valence-corrected chi connectivity index (χ2v) is 8.53. The van der Waals surface area contributed by atoms with E-state index in [4.69, 9.17) is 14.1 Å². The van der Waals surface area contributed by atoms with Crippen molar-refractivity contribution < 1.29 is 13.9 Å². The first-order chi connectivity index (χ1) is 15.2. The van der Waals surface area contributed by atoms with Gasteiger partial charge in [-0.3, -0.25) is 14.7 Å². The Kier molecular flexibility index (Phi) is 13.0. The molecule has 2 aliphatic rings. The van der Waals surface area contributed by atoms with E-state index in [9.17, 15) is 4.79 Å². The van der Waals surface area contributed by atoms with Crippen LogP contribution in [0.4, 0.5) is 0 Å². The van der Waals surface area contributed by atoms with Crippen LogP contribution in [0.15, 0.2) is 27.8 Å². The number of hydrogen-bond acceptors (Lipinski definition) is 5. The molecule has 1 amide bonds. The molecule has 1 aromatic rings. The third-order valence-corrected chi connectivity index (χ3v) is 6.13. The summed E-state index contributed by atoms with van der Waals surface area (Å²) in [5, 5.41) is 6.46. The van der Waals surface area contributed by atoms with Crippen LogP contribution in [0.3, 0.4) is 0 Å². The number of nitrogens with zero attached hydrogens (tertiary/aromatic N) is 3. The number of carbonyl (C=O) groups excluding carboxylic acids is 1. The first-order valence-electron chi connectivity index (χ1n) is 11.8. The number of ether oxygens (including phenoxy) is 1. The third-order valence-electron chi connectivity index (χ3n) is 6.13. The topological polar surface area (TPSA) is 82.3 Å².